The van der Waals surface area contributed by atoms with E-state index in [2.05, 4.69) is 54.6 Å². The van der Waals surface area contributed by atoms with Gasteiger partial charge in [0.1, 0.15) is 0 Å². The van der Waals surface area contributed by atoms with Crippen LogP contribution in [0, 0.1) is 6.92 Å². The molecule has 0 bridgehead atoms. The van der Waals surface area contributed by atoms with Gasteiger partial charge in [0.25, 0.3) is 5.91 Å². The van der Waals surface area contributed by atoms with E-state index in [-0.39, 0.29) is 5.91 Å². The van der Waals surface area contributed by atoms with Gasteiger partial charge in [0.15, 0.2) is 0 Å². The zero-order valence-corrected chi connectivity index (χ0v) is 14.1. The molecule has 1 atom stereocenters. The number of carbonyl (C=O) groups excluding carboxylic acids is 1. The molecule has 0 saturated heterocycles. The van der Waals surface area contributed by atoms with E-state index in [0.717, 1.165) is 35.9 Å². The van der Waals surface area contributed by atoms with Gasteiger partial charge in [-0.15, -0.1) is 0 Å². The maximum atomic E-state index is 12.6. The van der Waals surface area contributed by atoms with Crippen molar-refractivity contribution in [3.8, 4) is 0 Å². The Balaban J connectivity index is 1.99. The molecule has 2 N–H and O–H groups in total. The molecule has 0 saturated carbocycles. The molecule has 0 spiro atoms. The van der Waals surface area contributed by atoms with E-state index in [1.807, 2.05) is 18.2 Å². The van der Waals surface area contributed by atoms with Crippen LogP contribution < -0.4 is 5.32 Å². The molecule has 24 heavy (non-hydrogen) atoms. The molecule has 3 heteroatoms. The summed E-state index contributed by atoms with van der Waals surface area (Å²) in [5.74, 6) is 0.0312. The number of hydrogen-bond acceptors (Lipinski definition) is 1. The van der Waals surface area contributed by atoms with E-state index >= 15 is 0 Å². The van der Waals surface area contributed by atoms with Crippen LogP contribution in [0.15, 0.2) is 48.7 Å². The topological polar surface area (TPSA) is 44.9 Å². The van der Waals surface area contributed by atoms with E-state index in [0.29, 0.717) is 0 Å². The predicted molar refractivity (Wildman–Crippen MR) is 97.2 cm³/mol. The lowest BCUT2D eigenvalue weighted by atomic mass is 9.79. The lowest BCUT2D eigenvalue weighted by molar-refractivity contribution is 0.0937. The van der Waals surface area contributed by atoms with Crippen molar-refractivity contribution in [2.24, 2.45) is 0 Å². The number of benzene rings is 2. The summed E-state index contributed by atoms with van der Waals surface area (Å²) in [5, 5.41) is 4.52. The van der Waals surface area contributed by atoms with Crippen LogP contribution in [0.5, 0.6) is 0 Å². The van der Waals surface area contributed by atoms with E-state index in [1.54, 1.807) is 0 Å². The number of aryl methyl sites for hydroxylation is 1. The first-order valence-corrected chi connectivity index (χ1v) is 8.66. The number of hydrogen-bond donors (Lipinski definition) is 2. The van der Waals surface area contributed by atoms with Crippen molar-refractivity contribution in [3.63, 3.8) is 0 Å². The number of nitrogens with one attached hydrogen (secondary N) is 2. The lowest BCUT2D eigenvalue weighted by Crippen LogP contribution is -2.40. The third-order valence-electron chi connectivity index (χ3n) is 5.25. The van der Waals surface area contributed by atoms with Crippen LogP contribution >= 0.6 is 0 Å². The molecule has 3 nitrogen and oxygen atoms in total. The Morgan fingerprint density at radius 2 is 1.88 bits per heavy atom. The standard InChI is InChI=1S/C21H22N2O/c1-3-4-12-21(17-11-6-5-9-16(17)20(24)23-21)18-13-22-19-14(2)8-7-10-15(18)19/h5-11,13,22H,3-4,12H2,1-2H3,(H,23,24)/t21-/m1/s1. The highest BCUT2D eigenvalue weighted by molar-refractivity contribution is 6.02. The summed E-state index contributed by atoms with van der Waals surface area (Å²) >= 11 is 0. The molecule has 0 aliphatic carbocycles. The van der Waals surface area contributed by atoms with Crippen molar-refractivity contribution >= 4 is 16.8 Å². The van der Waals surface area contributed by atoms with Crippen molar-refractivity contribution in [2.45, 2.75) is 38.6 Å². The quantitative estimate of drug-likeness (QED) is 0.722. The number of rotatable bonds is 4. The Labute approximate surface area is 142 Å². The molecule has 3 aromatic rings. The molecule has 4 rings (SSSR count). The van der Waals surface area contributed by atoms with E-state index in [1.165, 1.54) is 16.5 Å². The maximum absolute atomic E-state index is 12.6. The highest BCUT2D eigenvalue weighted by Crippen LogP contribution is 2.43. The summed E-state index contributed by atoms with van der Waals surface area (Å²) < 4.78 is 0. The van der Waals surface area contributed by atoms with Crippen molar-refractivity contribution < 1.29 is 4.79 Å². The van der Waals surface area contributed by atoms with Gasteiger partial charge in [0.2, 0.25) is 0 Å². The zero-order chi connectivity index (χ0) is 16.7. The average Bonchev–Trinajstić information content (AvgIpc) is 3.15. The van der Waals surface area contributed by atoms with Gasteiger partial charge in [-0.05, 0) is 30.5 Å². The van der Waals surface area contributed by atoms with Crippen LogP contribution in [0.1, 0.15) is 53.2 Å². The number of H-pyrrole nitrogens is 1. The largest absolute Gasteiger partial charge is 0.361 e. The molecule has 122 valence electrons. The molecule has 0 unspecified atom stereocenters. The minimum Gasteiger partial charge on any atom is -0.361 e. The van der Waals surface area contributed by atoms with Crippen LogP contribution in [-0.2, 0) is 5.54 Å². The molecular formula is C21H22N2O. The van der Waals surface area contributed by atoms with E-state index in [9.17, 15) is 4.79 Å². The number of aromatic amines is 1. The molecule has 0 radical (unpaired) electrons. The number of carbonyl (C=O) groups is 1. The molecule has 1 aromatic heterocycles. The number of fused-ring (bicyclic) bond motifs is 2. The zero-order valence-electron chi connectivity index (χ0n) is 14.1. The van der Waals surface area contributed by atoms with Crippen molar-refractivity contribution in [3.05, 3.63) is 70.9 Å². The maximum Gasteiger partial charge on any atom is 0.252 e. The molecule has 0 fully saturated rings. The lowest BCUT2D eigenvalue weighted by Gasteiger charge is -2.30. The highest BCUT2D eigenvalue weighted by atomic mass is 16.2. The summed E-state index contributed by atoms with van der Waals surface area (Å²) in [6, 6.07) is 14.3. The van der Waals surface area contributed by atoms with Gasteiger partial charge in [0, 0.05) is 28.2 Å². The third kappa shape index (κ3) is 2.01. The Bertz CT molecular complexity index is 924. The fourth-order valence-corrected chi connectivity index (χ4v) is 4.03. The van der Waals surface area contributed by atoms with Gasteiger partial charge >= 0.3 is 0 Å². The third-order valence-corrected chi connectivity index (χ3v) is 5.25. The van der Waals surface area contributed by atoms with Gasteiger partial charge in [-0.3, -0.25) is 4.79 Å². The van der Waals surface area contributed by atoms with E-state index < -0.39 is 5.54 Å². The number of unbranched alkanes of at least 4 members (excludes halogenated alkanes) is 1. The first-order chi connectivity index (χ1) is 11.7. The number of para-hydroxylation sites is 1. The molecule has 1 amide bonds. The Kier molecular flexibility index (Phi) is 3.45. The number of aromatic nitrogens is 1. The summed E-state index contributed by atoms with van der Waals surface area (Å²) in [7, 11) is 0. The predicted octanol–water partition coefficient (Wildman–Crippen LogP) is 4.65. The SMILES string of the molecule is CCCC[C@@]1(c2c[nH]c3c(C)cccc23)NC(=O)c2ccccc21. The summed E-state index contributed by atoms with van der Waals surface area (Å²) in [6.07, 6.45) is 5.15. The van der Waals surface area contributed by atoms with Crippen LogP contribution in [0.3, 0.4) is 0 Å². The van der Waals surface area contributed by atoms with E-state index in [4.69, 9.17) is 0 Å². The second-order valence-electron chi connectivity index (χ2n) is 6.71. The Morgan fingerprint density at radius 1 is 1.04 bits per heavy atom. The first kappa shape index (κ1) is 15.0. The number of amides is 1. The van der Waals surface area contributed by atoms with Gasteiger partial charge < -0.3 is 10.3 Å². The highest BCUT2D eigenvalue weighted by Gasteiger charge is 2.44. The summed E-state index contributed by atoms with van der Waals surface area (Å²) in [6.45, 7) is 4.30. The van der Waals surface area contributed by atoms with Gasteiger partial charge in [0.05, 0.1) is 5.54 Å². The summed E-state index contributed by atoms with van der Waals surface area (Å²) in [5.41, 5.74) is 5.02. The molecule has 1 aliphatic rings. The molecule has 2 aromatic carbocycles. The molecule has 1 aliphatic heterocycles. The van der Waals surface area contributed by atoms with Gasteiger partial charge in [-0.1, -0.05) is 56.2 Å². The fraction of sp³-hybridized carbons (Fsp3) is 0.286. The molecular weight excluding hydrogens is 296 g/mol. The van der Waals surface area contributed by atoms with Crippen LogP contribution in [0.2, 0.25) is 0 Å². The smallest absolute Gasteiger partial charge is 0.252 e. The van der Waals surface area contributed by atoms with Crippen LogP contribution in [0.25, 0.3) is 10.9 Å². The Hall–Kier alpha value is -2.55. The van der Waals surface area contributed by atoms with Crippen molar-refractivity contribution in [1.82, 2.24) is 10.3 Å². The fourth-order valence-electron chi connectivity index (χ4n) is 4.03. The monoisotopic (exact) mass is 318 g/mol. The van der Waals surface area contributed by atoms with Gasteiger partial charge in [-0.25, -0.2) is 0 Å². The molecule has 2 heterocycles. The van der Waals surface area contributed by atoms with Crippen LogP contribution in [-0.4, -0.2) is 10.9 Å². The second kappa shape index (κ2) is 5.52. The van der Waals surface area contributed by atoms with Gasteiger partial charge in [-0.2, -0.15) is 0 Å². The minimum atomic E-state index is -0.435. The first-order valence-electron chi connectivity index (χ1n) is 8.66. The second-order valence-corrected chi connectivity index (χ2v) is 6.71. The Morgan fingerprint density at radius 3 is 2.71 bits per heavy atom. The van der Waals surface area contributed by atoms with Crippen molar-refractivity contribution in [1.29, 1.82) is 0 Å². The van der Waals surface area contributed by atoms with Crippen molar-refractivity contribution in [2.75, 3.05) is 0 Å². The average molecular weight is 318 g/mol. The van der Waals surface area contributed by atoms with Crippen LogP contribution in [0.4, 0.5) is 0 Å². The minimum absolute atomic E-state index is 0.0312. The normalized spacial score (nSPS) is 19.5. The summed E-state index contributed by atoms with van der Waals surface area (Å²) in [4.78, 5) is 16.1.